The van der Waals surface area contributed by atoms with Gasteiger partial charge in [0.05, 0.1) is 6.20 Å². The van der Waals surface area contributed by atoms with Crippen LogP contribution in [0, 0.1) is 0 Å². The highest BCUT2D eigenvalue weighted by atomic mass is 16.2. The number of piperidine rings is 1. The number of aromatic nitrogens is 3. The maximum Gasteiger partial charge on any atom is 0.276 e. The normalized spacial score (nSPS) is 20.4. The standard InChI is InChI=1S/C21H27N5O/c27-21(25-13-9-18(10-14-25)17-6-2-1-3-7-17)20-16-26(24-23-20)15-11-19-8-4-5-12-22-19/h1-3,6-7,9,16,19,22H,4-5,8,10-15H2/t19-/m1/s1. The Balaban J connectivity index is 1.32. The van der Waals surface area contributed by atoms with Crippen LogP contribution >= 0.6 is 0 Å². The third-order valence-electron chi connectivity index (χ3n) is 5.52. The molecular weight excluding hydrogens is 338 g/mol. The summed E-state index contributed by atoms with van der Waals surface area (Å²) < 4.78 is 1.80. The summed E-state index contributed by atoms with van der Waals surface area (Å²) in [4.78, 5) is 14.6. The van der Waals surface area contributed by atoms with Crippen molar-refractivity contribution in [2.45, 2.75) is 44.7 Å². The van der Waals surface area contributed by atoms with E-state index in [1.165, 1.54) is 30.4 Å². The van der Waals surface area contributed by atoms with E-state index in [4.69, 9.17) is 0 Å². The molecule has 1 amide bonds. The number of aryl methyl sites for hydroxylation is 1. The lowest BCUT2D eigenvalue weighted by Gasteiger charge is -2.25. The lowest BCUT2D eigenvalue weighted by molar-refractivity contribution is 0.0767. The molecule has 142 valence electrons. The minimum atomic E-state index is -0.0274. The van der Waals surface area contributed by atoms with E-state index in [9.17, 15) is 4.79 Å². The molecule has 0 saturated carbocycles. The summed E-state index contributed by atoms with van der Waals surface area (Å²) in [5.74, 6) is -0.0274. The zero-order valence-corrected chi connectivity index (χ0v) is 15.7. The van der Waals surface area contributed by atoms with Gasteiger partial charge >= 0.3 is 0 Å². The average Bonchev–Trinajstić information content (AvgIpc) is 3.22. The lowest BCUT2D eigenvalue weighted by atomic mass is 9.99. The van der Waals surface area contributed by atoms with E-state index >= 15 is 0 Å². The highest BCUT2D eigenvalue weighted by molar-refractivity contribution is 5.92. The number of nitrogens with one attached hydrogen (secondary N) is 1. The number of nitrogens with zero attached hydrogens (tertiary/aromatic N) is 4. The molecule has 1 aromatic heterocycles. The monoisotopic (exact) mass is 365 g/mol. The molecule has 4 rings (SSSR count). The number of amides is 1. The summed E-state index contributed by atoms with van der Waals surface area (Å²) >= 11 is 0. The van der Waals surface area contributed by atoms with E-state index in [0.29, 0.717) is 18.3 Å². The van der Waals surface area contributed by atoms with E-state index in [-0.39, 0.29) is 5.91 Å². The Labute approximate surface area is 160 Å². The van der Waals surface area contributed by atoms with Gasteiger partial charge < -0.3 is 10.2 Å². The van der Waals surface area contributed by atoms with Gasteiger partial charge in [0, 0.05) is 25.7 Å². The van der Waals surface area contributed by atoms with Crippen molar-refractivity contribution < 1.29 is 4.79 Å². The van der Waals surface area contributed by atoms with Gasteiger partial charge in [-0.2, -0.15) is 0 Å². The van der Waals surface area contributed by atoms with E-state index < -0.39 is 0 Å². The number of benzene rings is 1. The number of rotatable bonds is 5. The maximum absolute atomic E-state index is 12.7. The molecule has 0 bridgehead atoms. The van der Waals surface area contributed by atoms with Gasteiger partial charge in [0.2, 0.25) is 0 Å². The number of hydrogen-bond donors (Lipinski definition) is 1. The van der Waals surface area contributed by atoms with Crippen LogP contribution in [0.15, 0.2) is 42.6 Å². The first-order valence-corrected chi connectivity index (χ1v) is 9.97. The van der Waals surface area contributed by atoms with Crippen LogP contribution in [0.1, 0.15) is 48.2 Å². The highest BCUT2D eigenvalue weighted by Crippen LogP contribution is 2.22. The smallest absolute Gasteiger partial charge is 0.276 e. The average molecular weight is 365 g/mol. The molecule has 1 saturated heterocycles. The van der Waals surface area contributed by atoms with Crippen LogP contribution in [0.5, 0.6) is 0 Å². The fraction of sp³-hybridized carbons (Fsp3) is 0.476. The molecule has 3 heterocycles. The fourth-order valence-corrected chi connectivity index (χ4v) is 3.89. The fourth-order valence-electron chi connectivity index (χ4n) is 3.89. The quantitative estimate of drug-likeness (QED) is 0.885. The third-order valence-corrected chi connectivity index (χ3v) is 5.52. The second-order valence-corrected chi connectivity index (χ2v) is 7.40. The maximum atomic E-state index is 12.7. The molecule has 27 heavy (non-hydrogen) atoms. The van der Waals surface area contributed by atoms with Crippen molar-refractivity contribution in [1.29, 1.82) is 0 Å². The van der Waals surface area contributed by atoms with E-state index in [2.05, 4.69) is 46.0 Å². The Morgan fingerprint density at radius 1 is 1.22 bits per heavy atom. The zero-order valence-electron chi connectivity index (χ0n) is 15.7. The molecule has 0 unspecified atom stereocenters. The van der Waals surface area contributed by atoms with Crippen LogP contribution < -0.4 is 5.32 Å². The SMILES string of the molecule is O=C(c1cn(CC[C@H]2CCCCN2)nn1)N1CC=C(c2ccccc2)CC1. The van der Waals surface area contributed by atoms with Gasteiger partial charge in [0.1, 0.15) is 0 Å². The summed E-state index contributed by atoms with van der Waals surface area (Å²) in [6.07, 6.45) is 9.64. The zero-order chi connectivity index (χ0) is 18.5. The number of carbonyl (C=O) groups excluding carboxylic acids is 1. The van der Waals surface area contributed by atoms with Gasteiger partial charge in [-0.1, -0.05) is 48.0 Å². The van der Waals surface area contributed by atoms with Crippen molar-refractivity contribution in [2.75, 3.05) is 19.6 Å². The van der Waals surface area contributed by atoms with Crippen LogP contribution in [0.4, 0.5) is 0 Å². The van der Waals surface area contributed by atoms with Crippen molar-refractivity contribution in [3.63, 3.8) is 0 Å². The summed E-state index contributed by atoms with van der Waals surface area (Å²) in [7, 11) is 0. The van der Waals surface area contributed by atoms with Gasteiger partial charge in [-0.25, -0.2) is 0 Å². The first-order chi connectivity index (χ1) is 13.3. The molecule has 0 spiro atoms. The van der Waals surface area contributed by atoms with Crippen molar-refractivity contribution >= 4 is 11.5 Å². The predicted molar refractivity (Wildman–Crippen MR) is 105 cm³/mol. The van der Waals surface area contributed by atoms with Crippen molar-refractivity contribution in [3.05, 3.63) is 53.9 Å². The molecule has 1 aromatic carbocycles. The minimum Gasteiger partial charge on any atom is -0.333 e. The molecule has 0 radical (unpaired) electrons. The van der Waals surface area contributed by atoms with Gasteiger partial charge in [-0.15, -0.1) is 5.10 Å². The Morgan fingerprint density at radius 2 is 2.11 bits per heavy atom. The summed E-state index contributed by atoms with van der Waals surface area (Å²) in [6.45, 7) is 3.26. The number of hydrogen-bond acceptors (Lipinski definition) is 4. The Hall–Kier alpha value is -2.47. The van der Waals surface area contributed by atoms with Crippen LogP contribution in [-0.2, 0) is 6.54 Å². The van der Waals surface area contributed by atoms with E-state index in [1.807, 2.05) is 11.0 Å². The second kappa shape index (κ2) is 8.48. The molecule has 1 atom stereocenters. The molecule has 1 fully saturated rings. The first kappa shape index (κ1) is 17.9. The molecule has 6 nitrogen and oxygen atoms in total. The summed E-state index contributed by atoms with van der Waals surface area (Å²) in [6, 6.07) is 10.9. The predicted octanol–water partition coefficient (Wildman–Crippen LogP) is 2.74. The Bertz CT molecular complexity index is 792. The van der Waals surface area contributed by atoms with Crippen molar-refractivity contribution in [3.8, 4) is 0 Å². The third kappa shape index (κ3) is 4.45. The van der Waals surface area contributed by atoms with Crippen molar-refractivity contribution in [2.24, 2.45) is 0 Å². The minimum absolute atomic E-state index is 0.0274. The molecule has 2 aliphatic rings. The first-order valence-electron chi connectivity index (χ1n) is 9.97. The highest BCUT2D eigenvalue weighted by Gasteiger charge is 2.22. The van der Waals surface area contributed by atoms with Gasteiger partial charge in [0.15, 0.2) is 5.69 Å². The lowest BCUT2D eigenvalue weighted by Crippen LogP contribution is -2.35. The molecule has 2 aliphatic heterocycles. The molecule has 0 aliphatic carbocycles. The Morgan fingerprint density at radius 3 is 2.85 bits per heavy atom. The van der Waals surface area contributed by atoms with Crippen LogP contribution in [-0.4, -0.2) is 51.5 Å². The molecule has 6 heteroatoms. The summed E-state index contributed by atoms with van der Waals surface area (Å²) in [5, 5.41) is 11.8. The molecule has 2 aromatic rings. The van der Waals surface area contributed by atoms with E-state index in [0.717, 1.165) is 32.5 Å². The van der Waals surface area contributed by atoms with Gasteiger partial charge in [-0.05, 0) is 43.4 Å². The largest absolute Gasteiger partial charge is 0.333 e. The van der Waals surface area contributed by atoms with E-state index in [1.54, 1.807) is 10.9 Å². The molecular formula is C21H27N5O. The van der Waals surface area contributed by atoms with Crippen LogP contribution in [0.2, 0.25) is 0 Å². The summed E-state index contributed by atoms with van der Waals surface area (Å²) in [5.41, 5.74) is 3.00. The molecule has 1 N–H and O–H groups in total. The van der Waals surface area contributed by atoms with Crippen LogP contribution in [0.3, 0.4) is 0 Å². The number of carbonyl (C=O) groups is 1. The van der Waals surface area contributed by atoms with Crippen LogP contribution in [0.25, 0.3) is 5.57 Å². The Kier molecular flexibility index (Phi) is 5.63. The van der Waals surface area contributed by atoms with Gasteiger partial charge in [0.25, 0.3) is 5.91 Å². The van der Waals surface area contributed by atoms with Gasteiger partial charge in [-0.3, -0.25) is 9.48 Å². The topological polar surface area (TPSA) is 63.1 Å². The second-order valence-electron chi connectivity index (χ2n) is 7.40. The van der Waals surface area contributed by atoms with Crippen molar-refractivity contribution in [1.82, 2.24) is 25.2 Å².